The summed E-state index contributed by atoms with van der Waals surface area (Å²) in [6.07, 6.45) is 0.972. The van der Waals surface area contributed by atoms with Gasteiger partial charge in [0.25, 0.3) is 0 Å². The Labute approximate surface area is 128 Å². The zero-order valence-electron chi connectivity index (χ0n) is 14.0. The SMILES string of the molecule is Cc1ccc2c(c1)N(C(C(=O)O)C(C)C)C(C)(C)CC2C. The first-order valence-corrected chi connectivity index (χ1v) is 7.78. The van der Waals surface area contributed by atoms with E-state index in [0.29, 0.717) is 5.92 Å². The van der Waals surface area contributed by atoms with Crippen LogP contribution < -0.4 is 4.90 Å². The number of fused-ring (bicyclic) bond motifs is 1. The van der Waals surface area contributed by atoms with Gasteiger partial charge >= 0.3 is 5.97 Å². The van der Waals surface area contributed by atoms with Crippen LogP contribution in [0.25, 0.3) is 0 Å². The fraction of sp³-hybridized carbons (Fsp3) is 0.611. The summed E-state index contributed by atoms with van der Waals surface area (Å²) in [5.74, 6) is -0.225. The molecule has 1 aromatic carbocycles. The minimum atomic E-state index is -0.736. The van der Waals surface area contributed by atoms with Crippen molar-refractivity contribution in [3.05, 3.63) is 29.3 Å². The minimum absolute atomic E-state index is 0.0588. The molecule has 0 aliphatic carbocycles. The highest BCUT2D eigenvalue weighted by Gasteiger charge is 2.43. The predicted molar refractivity (Wildman–Crippen MR) is 87.0 cm³/mol. The standard InChI is InChI=1S/C18H27NO2/c1-11(2)16(17(20)21)19-15-9-12(3)7-8-14(15)13(4)10-18(19,5)6/h7-9,11,13,16H,10H2,1-6H3,(H,20,21). The van der Waals surface area contributed by atoms with Crippen LogP contribution in [-0.4, -0.2) is 22.7 Å². The third-order valence-electron chi connectivity index (χ3n) is 4.60. The summed E-state index contributed by atoms with van der Waals surface area (Å²) in [7, 11) is 0. The maximum absolute atomic E-state index is 11.9. The minimum Gasteiger partial charge on any atom is -0.480 e. The topological polar surface area (TPSA) is 40.5 Å². The van der Waals surface area contributed by atoms with Gasteiger partial charge in [-0.2, -0.15) is 0 Å². The van der Waals surface area contributed by atoms with Crippen LogP contribution in [-0.2, 0) is 4.79 Å². The summed E-state index contributed by atoms with van der Waals surface area (Å²) in [4.78, 5) is 14.0. The normalized spacial score (nSPS) is 22.0. The Balaban J connectivity index is 2.64. The number of benzene rings is 1. The number of nitrogens with zero attached hydrogens (tertiary/aromatic N) is 1. The van der Waals surface area contributed by atoms with Crippen molar-refractivity contribution in [2.24, 2.45) is 5.92 Å². The van der Waals surface area contributed by atoms with E-state index in [9.17, 15) is 9.90 Å². The van der Waals surface area contributed by atoms with Crippen molar-refractivity contribution in [3.63, 3.8) is 0 Å². The quantitative estimate of drug-likeness (QED) is 0.906. The van der Waals surface area contributed by atoms with Gasteiger partial charge in [0, 0.05) is 11.2 Å². The van der Waals surface area contributed by atoms with Crippen LogP contribution in [0.4, 0.5) is 5.69 Å². The molecule has 0 radical (unpaired) electrons. The van der Waals surface area contributed by atoms with Crippen LogP contribution in [0, 0.1) is 12.8 Å². The summed E-state index contributed by atoms with van der Waals surface area (Å²) in [6.45, 7) is 12.6. The summed E-state index contributed by atoms with van der Waals surface area (Å²) in [6, 6.07) is 5.94. The molecular formula is C18H27NO2. The molecule has 21 heavy (non-hydrogen) atoms. The molecule has 1 aliphatic rings. The Morgan fingerprint density at radius 1 is 1.38 bits per heavy atom. The van der Waals surface area contributed by atoms with Crippen LogP contribution in [0.15, 0.2) is 18.2 Å². The molecule has 0 amide bonds. The van der Waals surface area contributed by atoms with Gasteiger partial charge in [0.1, 0.15) is 6.04 Å². The van der Waals surface area contributed by atoms with E-state index in [1.807, 2.05) is 13.8 Å². The zero-order valence-corrected chi connectivity index (χ0v) is 14.0. The van der Waals surface area contributed by atoms with Crippen LogP contribution in [0.1, 0.15) is 58.1 Å². The second-order valence-electron chi connectivity index (χ2n) is 7.38. The fourth-order valence-corrected chi connectivity index (χ4v) is 3.78. The van der Waals surface area contributed by atoms with E-state index in [4.69, 9.17) is 0 Å². The number of anilines is 1. The van der Waals surface area contributed by atoms with Crippen LogP contribution in [0.3, 0.4) is 0 Å². The molecule has 2 rings (SSSR count). The first-order valence-electron chi connectivity index (χ1n) is 7.78. The molecule has 0 saturated heterocycles. The fourth-order valence-electron chi connectivity index (χ4n) is 3.78. The molecule has 0 fully saturated rings. The molecule has 2 atom stereocenters. The van der Waals surface area contributed by atoms with Gasteiger partial charge in [0.05, 0.1) is 0 Å². The number of carbonyl (C=O) groups is 1. The molecule has 116 valence electrons. The number of carboxylic acid groups (broad SMARTS) is 1. The van der Waals surface area contributed by atoms with E-state index in [2.05, 4.69) is 50.8 Å². The monoisotopic (exact) mass is 289 g/mol. The van der Waals surface area contributed by atoms with Gasteiger partial charge in [-0.15, -0.1) is 0 Å². The molecule has 0 bridgehead atoms. The third kappa shape index (κ3) is 2.78. The lowest BCUT2D eigenvalue weighted by atomic mass is 9.78. The lowest BCUT2D eigenvalue weighted by molar-refractivity contribution is -0.140. The maximum Gasteiger partial charge on any atom is 0.326 e. The van der Waals surface area contributed by atoms with E-state index in [1.165, 1.54) is 11.1 Å². The maximum atomic E-state index is 11.9. The molecule has 0 aromatic heterocycles. The van der Waals surface area contributed by atoms with E-state index in [1.54, 1.807) is 0 Å². The smallest absolute Gasteiger partial charge is 0.326 e. The molecule has 3 nitrogen and oxygen atoms in total. The third-order valence-corrected chi connectivity index (χ3v) is 4.60. The summed E-state index contributed by atoms with van der Waals surface area (Å²) < 4.78 is 0. The van der Waals surface area contributed by atoms with Crippen molar-refractivity contribution in [2.75, 3.05) is 4.90 Å². The highest BCUT2D eigenvalue weighted by atomic mass is 16.4. The lowest BCUT2D eigenvalue weighted by Gasteiger charge is -2.51. The molecule has 0 spiro atoms. The number of carboxylic acids is 1. The lowest BCUT2D eigenvalue weighted by Crippen LogP contribution is -2.58. The zero-order chi connectivity index (χ0) is 15.9. The summed E-state index contributed by atoms with van der Waals surface area (Å²) >= 11 is 0. The summed E-state index contributed by atoms with van der Waals surface area (Å²) in [5, 5.41) is 9.75. The van der Waals surface area contributed by atoms with Gasteiger partial charge in [-0.25, -0.2) is 4.79 Å². The Morgan fingerprint density at radius 3 is 2.52 bits per heavy atom. The number of aryl methyl sites for hydroxylation is 1. The first kappa shape index (κ1) is 15.9. The van der Waals surface area contributed by atoms with Gasteiger partial charge in [0.2, 0.25) is 0 Å². The molecule has 3 heteroatoms. The Morgan fingerprint density at radius 2 is 2.00 bits per heavy atom. The second-order valence-corrected chi connectivity index (χ2v) is 7.38. The Kier molecular flexibility index (Phi) is 4.05. The van der Waals surface area contributed by atoms with Gasteiger partial charge in [-0.05, 0) is 56.2 Å². The number of rotatable bonds is 3. The summed E-state index contributed by atoms with van der Waals surface area (Å²) in [5.41, 5.74) is 3.39. The number of hydrogen-bond donors (Lipinski definition) is 1. The van der Waals surface area contributed by atoms with Crippen LogP contribution in [0.5, 0.6) is 0 Å². The highest BCUT2D eigenvalue weighted by Crippen LogP contribution is 2.45. The largest absolute Gasteiger partial charge is 0.480 e. The number of hydrogen-bond acceptors (Lipinski definition) is 2. The van der Waals surface area contributed by atoms with Crippen molar-refractivity contribution in [1.29, 1.82) is 0 Å². The highest BCUT2D eigenvalue weighted by molar-refractivity contribution is 5.80. The predicted octanol–water partition coefficient (Wildman–Crippen LogP) is 4.20. The van der Waals surface area contributed by atoms with Crippen molar-refractivity contribution >= 4 is 11.7 Å². The van der Waals surface area contributed by atoms with Crippen molar-refractivity contribution in [2.45, 2.75) is 65.5 Å². The molecule has 0 saturated carbocycles. The van der Waals surface area contributed by atoms with Gasteiger partial charge in [-0.1, -0.05) is 32.9 Å². The molecule has 1 N–H and O–H groups in total. The van der Waals surface area contributed by atoms with Gasteiger partial charge in [-0.3, -0.25) is 0 Å². The van der Waals surface area contributed by atoms with E-state index in [-0.39, 0.29) is 11.5 Å². The number of aliphatic carboxylic acids is 1. The van der Waals surface area contributed by atoms with Gasteiger partial charge in [0.15, 0.2) is 0 Å². The van der Waals surface area contributed by atoms with Crippen molar-refractivity contribution in [1.82, 2.24) is 0 Å². The molecule has 1 heterocycles. The average molecular weight is 289 g/mol. The van der Waals surface area contributed by atoms with Crippen molar-refractivity contribution in [3.8, 4) is 0 Å². The Bertz CT molecular complexity index is 548. The second kappa shape index (κ2) is 5.36. The van der Waals surface area contributed by atoms with E-state index < -0.39 is 12.0 Å². The van der Waals surface area contributed by atoms with Crippen LogP contribution >= 0.6 is 0 Å². The molecule has 1 aromatic rings. The molecular weight excluding hydrogens is 262 g/mol. The average Bonchev–Trinajstić information content (AvgIpc) is 2.32. The molecule has 2 unspecified atom stereocenters. The Hall–Kier alpha value is -1.51. The van der Waals surface area contributed by atoms with Crippen molar-refractivity contribution < 1.29 is 9.90 Å². The van der Waals surface area contributed by atoms with Gasteiger partial charge < -0.3 is 10.0 Å². The van der Waals surface area contributed by atoms with E-state index in [0.717, 1.165) is 12.1 Å². The first-order chi connectivity index (χ1) is 9.65. The van der Waals surface area contributed by atoms with Crippen LogP contribution in [0.2, 0.25) is 0 Å². The van der Waals surface area contributed by atoms with E-state index >= 15 is 0 Å². The molecule has 1 aliphatic heterocycles.